The first-order valence-electron chi connectivity index (χ1n) is 5.97. The molecule has 1 atom stereocenters. The van der Waals surface area contributed by atoms with Crippen LogP contribution in [0.15, 0.2) is 18.3 Å². The van der Waals surface area contributed by atoms with Crippen LogP contribution < -0.4 is 10.6 Å². The van der Waals surface area contributed by atoms with Gasteiger partial charge in [0.15, 0.2) is 0 Å². The number of nitrogens with one attached hydrogen (secondary N) is 2. The van der Waals surface area contributed by atoms with Gasteiger partial charge in [-0.2, -0.15) is 0 Å². The smallest absolute Gasteiger partial charge is 0.354 e. The third-order valence-electron chi connectivity index (χ3n) is 2.89. The lowest BCUT2D eigenvalue weighted by molar-refractivity contribution is 0.0690. The van der Waals surface area contributed by atoms with Crippen LogP contribution in [-0.4, -0.2) is 28.1 Å². The third-order valence-corrected chi connectivity index (χ3v) is 2.89. The van der Waals surface area contributed by atoms with E-state index in [1.54, 1.807) is 0 Å². The molecule has 0 radical (unpaired) electrons. The van der Waals surface area contributed by atoms with Gasteiger partial charge in [0.2, 0.25) is 0 Å². The Hall–Kier alpha value is -2.11. The second-order valence-corrected chi connectivity index (χ2v) is 5.42. The van der Waals surface area contributed by atoms with Crippen LogP contribution in [0.2, 0.25) is 0 Å². The molecular formula is C13H19N3O3. The highest BCUT2D eigenvalue weighted by atomic mass is 16.4. The van der Waals surface area contributed by atoms with Crippen LogP contribution in [0.1, 0.15) is 38.2 Å². The first-order valence-corrected chi connectivity index (χ1v) is 5.97. The Labute approximate surface area is 112 Å². The summed E-state index contributed by atoms with van der Waals surface area (Å²) in [6.07, 6.45) is 1.31. The summed E-state index contributed by atoms with van der Waals surface area (Å²) < 4.78 is 0. The number of carboxylic acid groups (broad SMARTS) is 1. The molecule has 6 nitrogen and oxygen atoms in total. The topological polar surface area (TPSA) is 91.3 Å². The molecule has 0 spiro atoms. The molecule has 0 saturated heterocycles. The number of carbonyl (C=O) groups is 2. The van der Waals surface area contributed by atoms with Crippen LogP contribution in [0, 0.1) is 5.41 Å². The van der Waals surface area contributed by atoms with Gasteiger partial charge in [0.25, 0.3) is 0 Å². The predicted molar refractivity (Wildman–Crippen MR) is 72.3 cm³/mol. The van der Waals surface area contributed by atoms with Crippen molar-refractivity contribution in [3.63, 3.8) is 0 Å². The maximum atomic E-state index is 11.7. The standard InChI is InChI=1S/C13H19N3O3/c1-8(13(2,3)4)15-12(19)16-9-5-6-10(11(17)18)14-7-9/h5-8H,1-4H3,(H,17,18)(H2,15,16,19). The molecule has 0 aliphatic carbocycles. The van der Waals surface area contributed by atoms with Gasteiger partial charge in [-0.1, -0.05) is 20.8 Å². The van der Waals surface area contributed by atoms with E-state index in [1.807, 2.05) is 27.7 Å². The highest BCUT2D eigenvalue weighted by Crippen LogP contribution is 2.18. The van der Waals surface area contributed by atoms with Gasteiger partial charge in [0, 0.05) is 6.04 Å². The van der Waals surface area contributed by atoms with Crippen molar-refractivity contribution in [2.24, 2.45) is 5.41 Å². The Morgan fingerprint density at radius 3 is 2.37 bits per heavy atom. The molecule has 1 aromatic rings. The first-order chi connectivity index (χ1) is 8.70. The van der Waals surface area contributed by atoms with Crippen molar-refractivity contribution in [3.05, 3.63) is 24.0 Å². The molecule has 2 amide bonds. The number of hydrogen-bond donors (Lipinski definition) is 3. The molecule has 1 unspecified atom stereocenters. The van der Waals surface area contributed by atoms with E-state index in [0.717, 1.165) is 0 Å². The first kappa shape index (κ1) is 14.9. The molecule has 3 N–H and O–H groups in total. The van der Waals surface area contributed by atoms with Crippen LogP contribution in [0.4, 0.5) is 10.5 Å². The minimum atomic E-state index is -1.10. The number of aromatic carboxylic acids is 1. The third kappa shape index (κ3) is 4.57. The largest absolute Gasteiger partial charge is 0.477 e. The SMILES string of the molecule is CC(NC(=O)Nc1ccc(C(=O)O)nc1)C(C)(C)C. The minimum Gasteiger partial charge on any atom is -0.477 e. The van der Waals surface area contributed by atoms with Gasteiger partial charge in [0.1, 0.15) is 5.69 Å². The Balaban J connectivity index is 2.60. The zero-order chi connectivity index (χ0) is 14.6. The summed E-state index contributed by atoms with van der Waals surface area (Å²) in [4.78, 5) is 26.1. The molecule has 0 bridgehead atoms. The zero-order valence-corrected chi connectivity index (χ0v) is 11.5. The summed E-state index contributed by atoms with van der Waals surface area (Å²) in [7, 11) is 0. The summed E-state index contributed by atoms with van der Waals surface area (Å²) in [6.45, 7) is 8.01. The monoisotopic (exact) mass is 265 g/mol. The quantitative estimate of drug-likeness (QED) is 0.782. The predicted octanol–water partition coefficient (Wildman–Crippen LogP) is 2.34. The number of nitrogens with zero attached hydrogens (tertiary/aromatic N) is 1. The second kappa shape index (κ2) is 5.69. The van der Waals surface area contributed by atoms with Crippen LogP contribution in [-0.2, 0) is 0 Å². The van der Waals surface area contributed by atoms with Crippen LogP contribution in [0.3, 0.4) is 0 Å². The Bertz CT molecular complexity index is 463. The Morgan fingerprint density at radius 2 is 1.95 bits per heavy atom. The van der Waals surface area contributed by atoms with Gasteiger partial charge in [-0.15, -0.1) is 0 Å². The van der Waals surface area contributed by atoms with E-state index in [-0.39, 0.29) is 23.2 Å². The van der Waals surface area contributed by atoms with E-state index in [0.29, 0.717) is 5.69 Å². The Morgan fingerprint density at radius 1 is 1.32 bits per heavy atom. The van der Waals surface area contributed by atoms with Crippen molar-refractivity contribution in [2.75, 3.05) is 5.32 Å². The molecule has 0 aromatic carbocycles. The van der Waals surface area contributed by atoms with Crippen molar-refractivity contribution in [1.29, 1.82) is 0 Å². The molecule has 1 aromatic heterocycles. The number of anilines is 1. The van der Waals surface area contributed by atoms with Gasteiger partial charge in [-0.05, 0) is 24.5 Å². The number of hydrogen-bond acceptors (Lipinski definition) is 3. The number of amides is 2. The van der Waals surface area contributed by atoms with Gasteiger partial charge in [0.05, 0.1) is 11.9 Å². The average molecular weight is 265 g/mol. The number of carboxylic acids is 1. The molecule has 0 saturated carbocycles. The fourth-order valence-electron chi connectivity index (χ4n) is 1.17. The molecule has 0 fully saturated rings. The Kier molecular flexibility index (Phi) is 4.47. The molecule has 0 aliphatic rings. The number of urea groups is 1. The van der Waals surface area contributed by atoms with Crippen molar-refractivity contribution < 1.29 is 14.7 Å². The lowest BCUT2D eigenvalue weighted by Gasteiger charge is -2.28. The van der Waals surface area contributed by atoms with E-state index >= 15 is 0 Å². The van der Waals surface area contributed by atoms with Crippen LogP contribution >= 0.6 is 0 Å². The van der Waals surface area contributed by atoms with Gasteiger partial charge < -0.3 is 15.7 Å². The fraction of sp³-hybridized carbons (Fsp3) is 0.462. The number of pyridine rings is 1. The lowest BCUT2D eigenvalue weighted by atomic mass is 9.88. The molecule has 19 heavy (non-hydrogen) atoms. The summed E-state index contributed by atoms with van der Waals surface area (Å²) >= 11 is 0. The highest BCUT2D eigenvalue weighted by Gasteiger charge is 2.21. The molecule has 1 heterocycles. The summed E-state index contributed by atoms with van der Waals surface area (Å²) in [5.41, 5.74) is 0.348. The summed E-state index contributed by atoms with van der Waals surface area (Å²) in [5.74, 6) is -1.10. The van der Waals surface area contributed by atoms with Crippen molar-refractivity contribution in [2.45, 2.75) is 33.7 Å². The fourth-order valence-corrected chi connectivity index (χ4v) is 1.17. The van der Waals surface area contributed by atoms with E-state index in [1.165, 1.54) is 18.3 Å². The molecule has 104 valence electrons. The molecule has 0 aliphatic heterocycles. The van der Waals surface area contributed by atoms with Gasteiger partial charge in [-0.3, -0.25) is 0 Å². The number of rotatable bonds is 3. The van der Waals surface area contributed by atoms with E-state index in [2.05, 4.69) is 15.6 Å². The minimum absolute atomic E-state index is 0.00116. The molecule has 1 rings (SSSR count). The van der Waals surface area contributed by atoms with Gasteiger partial charge in [-0.25, -0.2) is 14.6 Å². The molecular weight excluding hydrogens is 246 g/mol. The average Bonchev–Trinajstić information content (AvgIpc) is 2.28. The van der Waals surface area contributed by atoms with E-state index < -0.39 is 5.97 Å². The normalized spacial score (nSPS) is 12.6. The maximum Gasteiger partial charge on any atom is 0.354 e. The van der Waals surface area contributed by atoms with Gasteiger partial charge >= 0.3 is 12.0 Å². The second-order valence-electron chi connectivity index (χ2n) is 5.42. The van der Waals surface area contributed by atoms with Crippen LogP contribution in [0.25, 0.3) is 0 Å². The highest BCUT2D eigenvalue weighted by molar-refractivity contribution is 5.90. The van der Waals surface area contributed by atoms with Crippen molar-refractivity contribution in [1.82, 2.24) is 10.3 Å². The van der Waals surface area contributed by atoms with Crippen molar-refractivity contribution >= 4 is 17.7 Å². The zero-order valence-electron chi connectivity index (χ0n) is 11.5. The van der Waals surface area contributed by atoms with Crippen molar-refractivity contribution in [3.8, 4) is 0 Å². The summed E-state index contributed by atoms with van der Waals surface area (Å²) in [6, 6.07) is 2.49. The number of carbonyl (C=O) groups excluding carboxylic acids is 1. The molecule has 6 heteroatoms. The van der Waals surface area contributed by atoms with Crippen LogP contribution in [0.5, 0.6) is 0 Å². The van der Waals surface area contributed by atoms with E-state index in [4.69, 9.17) is 5.11 Å². The van der Waals surface area contributed by atoms with E-state index in [9.17, 15) is 9.59 Å². The lowest BCUT2D eigenvalue weighted by Crippen LogP contribution is -2.43. The number of aromatic nitrogens is 1. The maximum absolute atomic E-state index is 11.7. The summed E-state index contributed by atoms with van der Waals surface area (Å²) in [5, 5.41) is 14.1.